The lowest BCUT2D eigenvalue weighted by molar-refractivity contribution is -0.137. The van der Waals surface area contributed by atoms with Crippen molar-refractivity contribution in [2.24, 2.45) is 0 Å². The van der Waals surface area contributed by atoms with Gasteiger partial charge in [0.05, 0.1) is 5.56 Å². The number of hydrogen-bond donors (Lipinski definition) is 2. The Kier molecular flexibility index (Phi) is 4.93. The van der Waals surface area contributed by atoms with Crippen molar-refractivity contribution in [1.29, 1.82) is 0 Å². The molecule has 0 radical (unpaired) electrons. The molecular weight excluding hydrogens is 361 g/mol. The van der Waals surface area contributed by atoms with Crippen molar-refractivity contribution in [3.8, 4) is 0 Å². The van der Waals surface area contributed by atoms with E-state index in [1.54, 1.807) is 30.3 Å². The van der Waals surface area contributed by atoms with Crippen LogP contribution >= 0.6 is 0 Å². The van der Waals surface area contributed by atoms with Crippen molar-refractivity contribution in [2.45, 2.75) is 6.18 Å². The number of nitrogens with zero attached hydrogens (tertiary/aromatic N) is 2. The van der Waals surface area contributed by atoms with Gasteiger partial charge in [-0.25, -0.2) is 14.3 Å². The van der Waals surface area contributed by atoms with E-state index in [1.807, 2.05) is 0 Å². The van der Waals surface area contributed by atoms with Crippen LogP contribution in [0.1, 0.15) is 16.2 Å². The van der Waals surface area contributed by atoms with Crippen LogP contribution in [0.15, 0.2) is 67.0 Å². The number of amides is 2. The molecule has 1 heterocycles. The maximum Gasteiger partial charge on any atom is 0.416 e. The molecule has 3 aromatic rings. The second kappa shape index (κ2) is 7.32. The fraction of sp³-hybridized carbons (Fsp3) is 0.0556. The van der Waals surface area contributed by atoms with Crippen LogP contribution in [0.4, 0.5) is 29.3 Å². The van der Waals surface area contributed by atoms with Gasteiger partial charge in [-0.15, -0.1) is 0 Å². The van der Waals surface area contributed by atoms with Crippen LogP contribution in [0.25, 0.3) is 0 Å². The van der Waals surface area contributed by atoms with Gasteiger partial charge in [0, 0.05) is 23.8 Å². The van der Waals surface area contributed by atoms with E-state index in [-0.39, 0.29) is 11.5 Å². The highest BCUT2D eigenvalue weighted by atomic mass is 19.4. The number of alkyl halides is 3. The van der Waals surface area contributed by atoms with E-state index in [2.05, 4.69) is 15.6 Å². The fourth-order valence-electron chi connectivity index (χ4n) is 2.30. The first-order chi connectivity index (χ1) is 12.8. The Hall–Kier alpha value is -3.62. The summed E-state index contributed by atoms with van der Waals surface area (Å²) < 4.78 is 39.2. The van der Waals surface area contributed by atoms with Gasteiger partial charge in [-0.3, -0.25) is 4.79 Å². The molecule has 0 spiro atoms. The number of anilines is 2. The molecule has 9 heteroatoms. The second-order valence-corrected chi connectivity index (χ2v) is 5.45. The van der Waals surface area contributed by atoms with Crippen molar-refractivity contribution in [3.05, 3.63) is 78.4 Å². The molecule has 0 fully saturated rings. The van der Waals surface area contributed by atoms with Crippen LogP contribution in [0.5, 0.6) is 0 Å². The summed E-state index contributed by atoms with van der Waals surface area (Å²) in [5.74, 6) is -0.839. The third-order valence-corrected chi connectivity index (χ3v) is 3.54. The number of rotatable bonds is 3. The SMILES string of the molecule is O=C(Nc1ccccc1)c1nccn1C(=O)Nc1cccc(C(F)(F)F)c1. The Balaban J connectivity index is 1.77. The zero-order valence-corrected chi connectivity index (χ0v) is 13.7. The van der Waals surface area contributed by atoms with E-state index in [1.165, 1.54) is 24.5 Å². The number of nitrogens with one attached hydrogen (secondary N) is 2. The number of carbonyl (C=O) groups is 2. The van der Waals surface area contributed by atoms with Gasteiger partial charge >= 0.3 is 12.2 Å². The minimum atomic E-state index is -4.53. The molecule has 0 saturated heterocycles. The van der Waals surface area contributed by atoms with E-state index in [4.69, 9.17) is 0 Å². The van der Waals surface area contributed by atoms with Gasteiger partial charge in [0.1, 0.15) is 0 Å². The molecule has 2 amide bonds. The Bertz CT molecular complexity index is 968. The number of hydrogen-bond acceptors (Lipinski definition) is 3. The Morgan fingerprint density at radius 3 is 2.33 bits per heavy atom. The summed E-state index contributed by atoms with van der Waals surface area (Å²) in [6.45, 7) is 0. The molecule has 2 N–H and O–H groups in total. The van der Waals surface area contributed by atoms with Crippen LogP contribution in [-0.2, 0) is 6.18 Å². The van der Waals surface area contributed by atoms with Crippen molar-refractivity contribution < 1.29 is 22.8 Å². The maximum absolute atomic E-state index is 12.8. The second-order valence-electron chi connectivity index (χ2n) is 5.45. The molecule has 2 aromatic carbocycles. The Morgan fingerprint density at radius 2 is 1.63 bits per heavy atom. The highest BCUT2D eigenvalue weighted by Crippen LogP contribution is 2.30. The van der Waals surface area contributed by atoms with Gasteiger partial charge in [-0.05, 0) is 30.3 Å². The van der Waals surface area contributed by atoms with E-state index in [0.717, 1.165) is 16.7 Å². The molecule has 0 saturated carbocycles. The lowest BCUT2D eigenvalue weighted by Crippen LogP contribution is -2.26. The lowest BCUT2D eigenvalue weighted by Gasteiger charge is -2.11. The number of halogens is 3. The largest absolute Gasteiger partial charge is 0.416 e. The van der Waals surface area contributed by atoms with Crippen molar-refractivity contribution >= 4 is 23.3 Å². The first-order valence-electron chi connectivity index (χ1n) is 7.73. The van der Waals surface area contributed by atoms with Crippen LogP contribution < -0.4 is 10.6 Å². The average Bonchev–Trinajstić information content (AvgIpc) is 3.12. The predicted octanol–water partition coefficient (Wildman–Crippen LogP) is 4.23. The number of benzene rings is 2. The summed E-state index contributed by atoms with van der Waals surface area (Å²) in [5, 5.41) is 4.90. The number of carbonyl (C=O) groups excluding carboxylic acids is 2. The predicted molar refractivity (Wildman–Crippen MR) is 92.5 cm³/mol. The molecule has 1 aromatic heterocycles. The van der Waals surface area contributed by atoms with Gasteiger partial charge in [0.2, 0.25) is 5.82 Å². The highest BCUT2D eigenvalue weighted by Gasteiger charge is 2.30. The van der Waals surface area contributed by atoms with Crippen molar-refractivity contribution in [2.75, 3.05) is 10.6 Å². The minimum Gasteiger partial charge on any atom is -0.319 e. The van der Waals surface area contributed by atoms with E-state index in [0.29, 0.717) is 5.69 Å². The standard InChI is InChI=1S/C18H13F3N4O2/c19-18(20,21)12-5-4-8-14(11-12)24-17(27)25-10-9-22-15(25)16(26)23-13-6-2-1-3-7-13/h1-11H,(H,23,26)(H,24,27). The molecule has 0 unspecified atom stereocenters. The molecule has 0 bridgehead atoms. The summed E-state index contributed by atoms with van der Waals surface area (Å²) in [7, 11) is 0. The topological polar surface area (TPSA) is 76.0 Å². The summed E-state index contributed by atoms with van der Waals surface area (Å²) in [4.78, 5) is 28.5. The number of para-hydroxylation sites is 1. The van der Waals surface area contributed by atoms with Gasteiger partial charge in [-0.2, -0.15) is 13.2 Å². The smallest absolute Gasteiger partial charge is 0.319 e. The molecule has 6 nitrogen and oxygen atoms in total. The van der Waals surface area contributed by atoms with Crippen LogP contribution in [0.3, 0.4) is 0 Å². The summed E-state index contributed by atoms with van der Waals surface area (Å²) in [6, 6.07) is 11.9. The van der Waals surface area contributed by atoms with E-state index >= 15 is 0 Å². The molecule has 0 aliphatic rings. The zero-order valence-electron chi connectivity index (χ0n) is 13.7. The normalized spacial score (nSPS) is 11.1. The molecule has 3 rings (SSSR count). The third-order valence-electron chi connectivity index (χ3n) is 3.54. The van der Waals surface area contributed by atoms with Gasteiger partial charge in [-0.1, -0.05) is 24.3 Å². The van der Waals surface area contributed by atoms with E-state index < -0.39 is 23.7 Å². The van der Waals surface area contributed by atoms with Crippen LogP contribution in [-0.4, -0.2) is 21.5 Å². The van der Waals surface area contributed by atoms with Crippen molar-refractivity contribution in [1.82, 2.24) is 9.55 Å². The molecular formula is C18H13F3N4O2. The van der Waals surface area contributed by atoms with Gasteiger partial charge < -0.3 is 10.6 Å². The van der Waals surface area contributed by atoms with E-state index in [9.17, 15) is 22.8 Å². The summed E-state index contributed by atoms with van der Waals surface area (Å²) in [6.07, 6.45) is -2.05. The minimum absolute atomic E-state index is 0.0575. The first kappa shape index (κ1) is 18.2. The molecule has 0 aliphatic heterocycles. The lowest BCUT2D eigenvalue weighted by atomic mass is 10.2. The first-order valence-corrected chi connectivity index (χ1v) is 7.73. The quantitative estimate of drug-likeness (QED) is 0.720. The van der Waals surface area contributed by atoms with Crippen LogP contribution in [0, 0.1) is 0 Å². The van der Waals surface area contributed by atoms with Crippen LogP contribution in [0.2, 0.25) is 0 Å². The summed E-state index contributed by atoms with van der Waals surface area (Å²) >= 11 is 0. The number of aromatic nitrogens is 2. The monoisotopic (exact) mass is 374 g/mol. The molecule has 0 atom stereocenters. The Morgan fingerprint density at radius 1 is 0.926 bits per heavy atom. The van der Waals surface area contributed by atoms with Gasteiger partial charge in [0.15, 0.2) is 0 Å². The average molecular weight is 374 g/mol. The highest BCUT2D eigenvalue weighted by molar-refractivity contribution is 6.05. The summed E-state index contributed by atoms with van der Waals surface area (Å²) in [5.41, 5.74) is -0.443. The molecule has 27 heavy (non-hydrogen) atoms. The number of imidazole rings is 1. The fourth-order valence-corrected chi connectivity index (χ4v) is 2.30. The Labute approximate surface area is 151 Å². The molecule has 138 valence electrons. The van der Waals surface area contributed by atoms with Gasteiger partial charge in [0.25, 0.3) is 5.91 Å². The zero-order chi connectivity index (χ0) is 19.4. The maximum atomic E-state index is 12.8. The molecule has 0 aliphatic carbocycles. The third kappa shape index (κ3) is 4.32. The van der Waals surface area contributed by atoms with Crippen molar-refractivity contribution in [3.63, 3.8) is 0 Å².